The highest BCUT2D eigenvalue weighted by atomic mass is 16.5. The molecule has 1 atom stereocenters. The van der Waals surface area contributed by atoms with Gasteiger partial charge < -0.3 is 14.3 Å². The quantitative estimate of drug-likeness (QED) is 0.924. The van der Waals surface area contributed by atoms with Crippen LogP contribution in [0.2, 0.25) is 0 Å². The molecule has 1 heterocycles. The summed E-state index contributed by atoms with van der Waals surface area (Å²) >= 11 is 0. The molecule has 3 rings (SSSR count). The summed E-state index contributed by atoms with van der Waals surface area (Å²) in [7, 11) is 0. The summed E-state index contributed by atoms with van der Waals surface area (Å²) in [5, 5.41) is 8.81. The Morgan fingerprint density at radius 1 is 1.30 bits per heavy atom. The van der Waals surface area contributed by atoms with E-state index in [2.05, 4.69) is 12.1 Å². The van der Waals surface area contributed by atoms with Gasteiger partial charge in [-0.3, -0.25) is 0 Å². The third-order valence-electron chi connectivity index (χ3n) is 3.61. The van der Waals surface area contributed by atoms with Crippen molar-refractivity contribution in [2.75, 3.05) is 0 Å². The van der Waals surface area contributed by atoms with Gasteiger partial charge in [-0.05, 0) is 42.5 Å². The number of fused-ring (bicyclic) bond motifs is 1. The smallest absolute Gasteiger partial charge is 0.371 e. The van der Waals surface area contributed by atoms with Crippen LogP contribution >= 0.6 is 0 Å². The second-order valence-electron chi connectivity index (χ2n) is 4.96. The van der Waals surface area contributed by atoms with Gasteiger partial charge in [0.1, 0.15) is 12.4 Å². The fourth-order valence-electron chi connectivity index (χ4n) is 2.64. The molecule has 1 unspecified atom stereocenters. The van der Waals surface area contributed by atoms with Crippen LogP contribution in [0.3, 0.4) is 0 Å². The molecule has 2 aromatic rings. The summed E-state index contributed by atoms with van der Waals surface area (Å²) < 4.78 is 11.1. The van der Waals surface area contributed by atoms with Crippen LogP contribution in [0, 0.1) is 0 Å². The third-order valence-corrected chi connectivity index (χ3v) is 3.61. The standard InChI is InChI=1S/C16H16O4/c17-16(18)15-9-8-12(20-15)10-19-14-7-3-5-11-4-1-2-6-13(11)14/h1-2,4,6,8-9,14H,3,5,7,10H2,(H,17,18). The van der Waals surface area contributed by atoms with Crippen LogP contribution in [0.1, 0.15) is 46.4 Å². The number of aryl methyl sites for hydroxylation is 1. The van der Waals surface area contributed by atoms with Crippen molar-refractivity contribution in [1.29, 1.82) is 0 Å². The predicted octanol–water partition coefficient (Wildman–Crippen LogP) is 3.57. The highest BCUT2D eigenvalue weighted by Crippen LogP contribution is 2.33. The molecule has 4 nitrogen and oxygen atoms in total. The number of ether oxygens (including phenoxy) is 1. The largest absolute Gasteiger partial charge is 0.475 e. The molecule has 0 spiro atoms. The molecule has 0 bridgehead atoms. The minimum absolute atomic E-state index is 0.0485. The Hall–Kier alpha value is -2.07. The normalized spacial score (nSPS) is 17.7. The molecule has 1 aromatic heterocycles. The zero-order valence-electron chi connectivity index (χ0n) is 11.0. The van der Waals surface area contributed by atoms with Crippen LogP contribution in [-0.4, -0.2) is 11.1 Å². The first-order valence-corrected chi connectivity index (χ1v) is 6.75. The summed E-state index contributed by atoms with van der Waals surface area (Å²) in [6, 6.07) is 11.4. The molecule has 104 valence electrons. The molecule has 0 aliphatic heterocycles. The predicted molar refractivity (Wildman–Crippen MR) is 72.6 cm³/mol. The molecule has 1 N–H and O–H groups in total. The summed E-state index contributed by atoms with van der Waals surface area (Å²) in [5.74, 6) is -0.558. The van der Waals surface area contributed by atoms with Crippen molar-refractivity contribution in [3.8, 4) is 0 Å². The zero-order valence-corrected chi connectivity index (χ0v) is 11.0. The van der Waals surface area contributed by atoms with E-state index in [-0.39, 0.29) is 11.9 Å². The van der Waals surface area contributed by atoms with E-state index in [1.54, 1.807) is 6.07 Å². The van der Waals surface area contributed by atoms with E-state index in [0.29, 0.717) is 12.4 Å². The molecule has 4 heteroatoms. The molecule has 0 saturated heterocycles. The molecule has 0 amide bonds. The van der Waals surface area contributed by atoms with Gasteiger partial charge in [0.25, 0.3) is 0 Å². The number of benzene rings is 1. The van der Waals surface area contributed by atoms with Crippen LogP contribution in [-0.2, 0) is 17.8 Å². The summed E-state index contributed by atoms with van der Waals surface area (Å²) in [6.45, 7) is 0.298. The monoisotopic (exact) mass is 272 g/mol. The van der Waals surface area contributed by atoms with E-state index in [0.717, 1.165) is 19.3 Å². The van der Waals surface area contributed by atoms with Gasteiger partial charge in [0, 0.05) is 0 Å². The maximum atomic E-state index is 10.7. The van der Waals surface area contributed by atoms with Crippen LogP contribution in [0.25, 0.3) is 0 Å². The molecular formula is C16H16O4. The van der Waals surface area contributed by atoms with Gasteiger partial charge in [-0.25, -0.2) is 4.79 Å². The third kappa shape index (κ3) is 2.60. The van der Waals surface area contributed by atoms with Crippen molar-refractivity contribution in [1.82, 2.24) is 0 Å². The molecule has 1 aliphatic carbocycles. The maximum Gasteiger partial charge on any atom is 0.371 e. The fraction of sp³-hybridized carbons (Fsp3) is 0.312. The van der Waals surface area contributed by atoms with E-state index in [1.807, 2.05) is 12.1 Å². The highest BCUT2D eigenvalue weighted by Gasteiger charge is 2.20. The Morgan fingerprint density at radius 2 is 2.15 bits per heavy atom. The van der Waals surface area contributed by atoms with Crippen LogP contribution < -0.4 is 0 Å². The first-order valence-electron chi connectivity index (χ1n) is 6.75. The van der Waals surface area contributed by atoms with Crippen LogP contribution in [0.15, 0.2) is 40.8 Å². The maximum absolute atomic E-state index is 10.7. The van der Waals surface area contributed by atoms with Crippen molar-refractivity contribution >= 4 is 5.97 Å². The molecule has 1 aromatic carbocycles. The Morgan fingerprint density at radius 3 is 2.95 bits per heavy atom. The van der Waals surface area contributed by atoms with Gasteiger partial charge in [0.15, 0.2) is 0 Å². The summed E-state index contributed by atoms with van der Waals surface area (Å²) in [6.07, 6.45) is 3.27. The number of carboxylic acids is 1. The van der Waals surface area contributed by atoms with Crippen molar-refractivity contribution < 1.29 is 19.1 Å². The van der Waals surface area contributed by atoms with Gasteiger partial charge in [0.2, 0.25) is 5.76 Å². The average Bonchev–Trinajstić information content (AvgIpc) is 2.94. The Bertz CT molecular complexity index is 614. The minimum atomic E-state index is -1.06. The van der Waals surface area contributed by atoms with Gasteiger partial charge in [-0.1, -0.05) is 24.3 Å². The van der Waals surface area contributed by atoms with E-state index >= 15 is 0 Å². The van der Waals surface area contributed by atoms with E-state index in [1.165, 1.54) is 17.2 Å². The highest BCUT2D eigenvalue weighted by molar-refractivity contribution is 5.84. The number of carbonyl (C=O) groups is 1. The zero-order chi connectivity index (χ0) is 13.9. The molecule has 1 aliphatic rings. The van der Waals surface area contributed by atoms with E-state index in [4.69, 9.17) is 14.3 Å². The van der Waals surface area contributed by atoms with Gasteiger partial charge in [-0.2, -0.15) is 0 Å². The Labute approximate surface area is 117 Å². The lowest BCUT2D eigenvalue weighted by atomic mass is 9.89. The minimum Gasteiger partial charge on any atom is -0.475 e. The second kappa shape index (κ2) is 5.51. The number of furan rings is 1. The Balaban J connectivity index is 1.68. The van der Waals surface area contributed by atoms with Gasteiger partial charge >= 0.3 is 5.97 Å². The van der Waals surface area contributed by atoms with E-state index < -0.39 is 5.97 Å². The molecule has 0 saturated carbocycles. The van der Waals surface area contributed by atoms with Crippen LogP contribution in [0.4, 0.5) is 0 Å². The fourth-order valence-corrected chi connectivity index (χ4v) is 2.64. The lowest BCUT2D eigenvalue weighted by molar-refractivity contribution is 0.0184. The molecule has 0 radical (unpaired) electrons. The van der Waals surface area contributed by atoms with E-state index in [9.17, 15) is 4.79 Å². The van der Waals surface area contributed by atoms with Crippen molar-refractivity contribution in [2.24, 2.45) is 0 Å². The Kier molecular flexibility index (Phi) is 3.56. The second-order valence-corrected chi connectivity index (χ2v) is 4.96. The lowest BCUT2D eigenvalue weighted by Gasteiger charge is -2.25. The number of carboxylic acid groups (broad SMARTS) is 1. The molecular weight excluding hydrogens is 256 g/mol. The van der Waals surface area contributed by atoms with Crippen molar-refractivity contribution in [3.05, 3.63) is 59.0 Å². The lowest BCUT2D eigenvalue weighted by Crippen LogP contribution is -2.12. The number of hydrogen-bond acceptors (Lipinski definition) is 3. The summed E-state index contributed by atoms with van der Waals surface area (Å²) in [5.41, 5.74) is 2.58. The SMILES string of the molecule is O=C(O)c1ccc(COC2CCCc3ccccc32)o1. The van der Waals surface area contributed by atoms with Crippen LogP contribution in [0.5, 0.6) is 0 Å². The molecule has 0 fully saturated rings. The topological polar surface area (TPSA) is 59.7 Å². The first kappa shape index (κ1) is 12.9. The van der Waals surface area contributed by atoms with Gasteiger partial charge in [0.05, 0.1) is 6.10 Å². The average molecular weight is 272 g/mol. The van der Waals surface area contributed by atoms with Crippen molar-refractivity contribution in [3.63, 3.8) is 0 Å². The van der Waals surface area contributed by atoms with Gasteiger partial charge in [-0.15, -0.1) is 0 Å². The number of rotatable bonds is 4. The number of aromatic carboxylic acids is 1. The summed E-state index contributed by atoms with van der Waals surface area (Å²) in [4.78, 5) is 10.7. The first-order chi connectivity index (χ1) is 9.74. The number of hydrogen-bond donors (Lipinski definition) is 1. The molecule has 20 heavy (non-hydrogen) atoms. The van der Waals surface area contributed by atoms with Crippen molar-refractivity contribution in [2.45, 2.75) is 32.0 Å².